The van der Waals surface area contributed by atoms with Crippen LogP contribution in [0.4, 0.5) is 5.82 Å². The second-order valence-electron chi connectivity index (χ2n) is 5.82. The fraction of sp³-hybridized carbons (Fsp3) is 0.222. The number of aromatic nitrogens is 4. The highest BCUT2D eigenvalue weighted by Crippen LogP contribution is 2.19. The number of halogens is 1. The summed E-state index contributed by atoms with van der Waals surface area (Å²) < 4.78 is 2.12. The zero-order chi connectivity index (χ0) is 18.8. The Morgan fingerprint density at radius 1 is 1.31 bits per heavy atom. The largest absolute Gasteiger partial charge is 0.306 e. The Labute approximate surface area is 158 Å². The molecular formula is C18H18BrN5O2. The molecule has 0 aliphatic heterocycles. The summed E-state index contributed by atoms with van der Waals surface area (Å²) in [4.78, 5) is 32.0. The van der Waals surface area contributed by atoms with Crippen molar-refractivity contribution in [2.45, 2.75) is 27.2 Å². The summed E-state index contributed by atoms with van der Waals surface area (Å²) >= 11 is 3.37. The molecule has 0 radical (unpaired) electrons. The van der Waals surface area contributed by atoms with Crippen LogP contribution in [0.1, 0.15) is 34.2 Å². The van der Waals surface area contributed by atoms with E-state index in [0.717, 1.165) is 0 Å². The van der Waals surface area contributed by atoms with E-state index in [0.29, 0.717) is 39.2 Å². The number of nitrogens with zero attached hydrogens (tertiary/aromatic N) is 3. The fourth-order valence-corrected chi connectivity index (χ4v) is 3.16. The predicted molar refractivity (Wildman–Crippen MR) is 103 cm³/mol. The van der Waals surface area contributed by atoms with Crippen LogP contribution in [0.25, 0.3) is 5.95 Å². The minimum absolute atomic E-state index is 0.203. The van der Waals surface area contributed by atoms with E-state index in [9.17, 15) is 9.59 Å². The SMILES string of the molecule is CCc1c(C)nc(-n2nc(C)cc2NC(=O)c2ccccc2Br)[nH]c1=O. The van der Waals surface area contributed by atoms with Crippen molar-refractivity contribution in [2.75, 3.05) is 5.32 Å². The predicted octanol–water partition coefficient (Wildman–Crippen LogP) is 3.15. The fourth-order valence-electron chi connectivity index (χ4n) is 2.69. The van der Waals surface area contributed by atoms with Crippen LogP contribution in [0, 0.1) is 13.8 Å². The molecule has 0 unspecified atom stereocenters. The summed E-state index contributed by atoms with van der Waals surface area (Å²) in [6.07, 6.45) is 0.595. The maximum atomic E-state index is 12.6. The number of H-pyrrole nitrogens is 1. The van der Waals surface area contributed by atoms with Crippen molar-refractivity contribution < 1.29 is 4.79 Å². The van der Waals surface area contributed by atoms with E-state index in [1.807, 2.05) is 13.0 Å². The van der Waals surface area contributed by atoms with Crippen molar-refractivity contribution in [1.29, 1.82) is 0 Å². The Morgan fingerprint density at radius 2 is 2.04 bits per heavy atom. The normalized spacial score (nSPS) is 10.8. The highest BCUT2D eigenvalue weighted by molar-refractivity contribution is 9.10. The van der Waals surface area contributed by atoms with Crippen molar-refractivity contribution in [3.63, 3.8) is 0 Å². The summed E-state index contributed by atoms with van der Waals surface area (Å²) in [6.45, 7) is 5.49. The standard InChI is InChI=1S/C18H18BrN5O2/c1-4-12-11(3)20-18(22-16(12)25)24-15(9-10(2)23-24)21-17(26)13-7-5-6-8-14(13)19/h5-9H,4H2,1-3H3,(H,21,26)(H,20,22,25). The first-order valence-corrected chi connectivity index (χ1v) is 8.92. The van der Waals surface area contributed by atoms with Crippen molar-refractivity contribution in [2.24, 2.45) is 0 Å². The van der Waals surface area contributed by atoms with Crippen molar-refractivity contribution in [3.05, 3.63) is 67.7 Å². The zero-order valence-corrected chi connectivity index (χ0v) is 16.2. The van der Waals surface area contributed by atoms with Gasteiger partial charge in [-0.2, -0.15) is 9.78 Å². The van der Waals surface area contributed by atoms with Crippen LogP contribution in [0.5, 0.6) is 0 Å². The lowest BCUT2D eigenvalue weighted by atomic mass is 10.2. The van der Waals surface area contributed by atoms with E-state index in [2.05, 4.69) is 36.3 Å². The van der Waals surface area contributed by atoms with Crippen LogP contribution in [0.3, 0.4) is 0 Å². The van der Waals surface area contributed by atoms with Gasteiger partial charge in [-0.25, -0.2) is 4.98 Å². The Hall–Kier alpha value is -2.74. The topological polar surface area (TPSA) is 92.7 Å². The molecule has 0 atom stereocenters. The van der Waals surface area contributed by atoms with Crippen molar-refractivity contribution >= 4 is 27.7 Å². The van der Waals surface area contributed by atoms with Crippen LogP contribution in [-0.4, -0.2) is 25.7 Å². The molecule has 0 fully saturated rings. The van der Waals surface area contributed by atoms with Crippen LogP contribution in [-0.2, 0) is 6.42 Å². The Bertz CT molecular complexity index is 1040. The molecule has 3 aromatic rings. The summed E-state index contributed by atoms with van der Waals surface area (Å²) in [5, 5.41) is 7.17. The highest BCUT2D eigenvalue weighted by atomic mass is 79.9. The van der Waals surface area contributed by atoms with Crippen LogP contribution < -0.4 is 10.9 Å². The zero-order valence-electron chi connectivity index (χ0n) is 14.6. The van der Waals surface area contributed by atoms with Gasteiger partial charge in [-0.05, 0) is 48.3 Å². The molecule has 0 saturated carbocycles. The first kappa shape index (κ1) is 18.1. The number of benzene rings is 1. The van der Waals surface area contributed by atoms with Gasteiger partial charge in [0.1, 0.15) is 5.82 Å². The number of carbonyl (C=O) groups excluding carboxylic acids is 1. The molecule has 2 aromatic heterocycles. The number of amides is 1. The molecular weight excluding hydrogens is 398 g/mol. The first-order valence-electron chi connectivity index (χ1n) is 8.13. The number of hydrogen-bond acceptors (Lipinski definition) is 4. The lowest BCUT2D eigenvalue weighted by Crippen LogP contribution is -2.22. The molecule has 1 aromatic carbocycles. The molecule has 134 valence electrons. The molecule has 0 bridgehead atoms. The maximum Gasteiger partial charge on any atom is 0.257 e. The number of hydrogen-bond donors (Lipinski definition) is 2. The summed E-state index contributed by atoms with van der Waals surface area (Å²) in [7, 11) is 0. The van der Waals surface area contributed by atoms with Crippen LogP contribution >= 0.6 is 15.9 Å². The smallest absolute Gasteiger partial charge is 0.257 e. The second kappa shape index (κ2) is 7.25. The number of rotatable bonds is 4. The monoisotopic (exact) mass is 415 g/mol. The van der Waals surface area contributed by atoms with Gasteiger partial charge in [0.2, 0.25) is 5.95 Å². The molecule has 0 aliphatic carbocycles. The number of anilines is 1. The van der Waals surface area contributed by atoms with Crippen molar-refractivity contribution in [3.8, 4) is 5.95 Å². The minimum Gasteiger partial charge on any atom is -0.306 e. The van der Waals surface area contributed by atoms with Gasteiger partial charge in [0.05, 0.1) is 11.3 Å². The minimum atomic E-state index is -0.289. The third kappa shape index (κ3) is 3.45. The highest BCUT2D eigenvalue weighted by Gasteiger charge is 2.16. The van der Waals surface area contributed by atoms with E-state index in [4.69, 9.17) is 0 Å². The quantitative estimate of drug-likeness (QED) is 0.684. The molecule has 2 heterocycles. The Kier molecular flexibility index (Phi) is 5.03. The third-order valence-corrected chi connectivity index (χ3v) is 4.65. The van der Waals surface area contributed by atoms with Gasteiger partial charge in [-0.3, -0.25) is 14.6 Å². The van der Waals surface area contributed by atoms with Gasteiger partial charge < -0.3 is 5.32 Å². The van der Waals surface area contributed by atoms with E-state index in [1.165, 1.54) is 4.68 Å². The molecule has 0 saturated heterocycles. The van der Waals surface area contributed by atoms with Crippen molar-refractivity contribution in [1.82, 2.24) is 19.7 Å². The van der Waals surface area contributed by atoms with E-state index in [-0.39, 0.29) is 17.4 Å². The number of aromatic amines is 1. The summed E-state index contributed by atoms with van der Waals surface area (Å²) in [6, 6.07) is 8.85. The van der Waals surface area contributed by atoms with E-state index >= 15 is 0 Å². The molecule has 2 N–H and O–H groups in total. The molecule has 3 rings (SSSR count). The number of nitrogens with one attached hydrogen (secondary N) is 2. The molecule has 1 amide bonds. The summed E-state index contributed by atoms with van der Waals surface area (Å²) in [5.74, 6) is 0.401. The van der Waals surface area contributed by atoms with E-state index in [1.54, 1.807) is 38.1 Å². The Balaban J connectivity index is 2.01. The van der Waals surface area contributed by atoms with Gasteiger partial charge in [-0.15, -0.1) is 0 Å². The summed E-state index contributed by atoms with van der Waals surface area (Å²) in [5.41, 5.74) is 2.26. The maximum absolute atomic E-state index is 12.6. The number of aryl methyl sites for hydroxylation is 2. The van der Waals surface area contributed by atoms with E-state index < -0.39 is 0 Å². The molecule has 0 aliphatic rings. The third-order valence-electron chi connectivity index (χ3n) is 3.96. The van der Waals surface area contributed by atoms with Gasteiger partial charge >= 0.3 is 0 Å². The number of carbonyl (C=O) groups is 1. The lowest BCUT2D eigenvalue weighted by molar-refractivity contribution is 0.102. The molecule has 0 spiro atoms. The Morgan fingerprint density at radius 3 is 2.69 bits per heavy atom. The van der Waals surface area contributed by atoms with Crippen LogP contribution in [0.15, 0.2) is 39.6 Å². The van der Waals surface area contributed by atoms with Gasteiger partial charge in [0.25, 0.3) is 11.5 Å². The molecule has 26 heavy (non-hydrogen) atoms. The average Bonchev–Trinajstić information content (AvgIpc) is 2.95. The lowest BCUT2D eigenvalue weighted by Gasteiger charge is -2.10. The molecule has 8 heteroatoms. The first-order chi connectivity index (χ1) is 12.4. The molecule has 7 nitrogen and oxygen atoms in total. The van der Waals surface area contributed by atoms with Gasteiger partial charge in [0.15, 0.2) is 0 Å². The van der Waals surface area contributed by atoms with Crippen LogP contribution in [0.2, 0.25) is 0 Å². The van der Waals surface area contributed by atoms with Gasteiger partial charge in [0, 0.05) is 21.8 Å². The van der Waals surface area contributed by atoms with Gasteiger partial charge in [-0.1, -0.05) is 19.1 Å². The average molecular weight is 416 g/mol. The second-order valence-corrected chi connectivity index (χ2v) is 6.68.